The summed E-state index contributed by atoms with van der Waals surface area (Å²) in [5.41, 5.74) is 0. The zero-order chi connectivity index (χ0) is 16.1. The number of hydrogen-bond acceptors (Lipinski definition) is 4. The lowest BCUT2D eigenvalue weighted by Gasteiger charge is -2.23. The average molecular weight is 308 g/mol. The number of hydrogen-bond donors (Lipinski definition) is 3. The lowest BCUT2D eigenvalue weighted by molar-refractivity contribution is -0.143. The number of carbonyl (C=O) groups excluding carboxylic acids is 1. The van der Waals surface area contributed by atoms with Gasteiger partial charge in [-0.3, -0.25) is 4.79 Å². The summed E-state index contributed by atoms with van der Waals surface area (Å²) in [6.45, 7) is 7.03. The number of carboxylic acids is 1. The topological polar surface area (TPSA) is 113 Å². The van der Waals surface area contributed by atoms with Crippen LogP contribution in [0, 0.1) is 11.8 Å². The summed E-state index contributed by atoms with van der Waals surface area (Å²) in [4.78, 5) is 23.1. The van der Waals surface area contributed by atoms with Crippen molar-refractivity contribution in [2.75, 3.05) is 6.26 Å². The number of rotatable bonds is 8. The summed E-state index contributed by atoms with van der Waals surface area (Å²) in [5, 5.41) is 11.4. The third-order valence-corrected chi connectivity index (χ3v) is 3.32. The number of sulfonamides is 1. The van der Waals surface area contributed by atoms with E-state index in [0.717, 1.165) is 6.26 Å². The molecule has 20 heavy (non-hydrogen) atoms. The van der Waals surface area contributed by atoms with E-state index in [4.69, 9.17) is 5.11 Å². The van der Waals surface area contributed by atoms with E-state index in [1.807, 2.05) is 13.8 Å². The van der Waals surface area contributed by atoms with E-state index in [9.17, 15) is 18.0 Å². The third-order valence-electron chi connectivity index (χ3n) is 2.61. The first-order valence-electron chi connectivity index (χ1n) is 6.44. The Morgan fingerprint density at radius 1 is 1.15 bits per heavy atom. The van der Waals surface area contributed by atoms with Gasteiger partial charge in [-0.25, -0.2) is 17.9 Å². The van der Waals surface area contributed by atoms with E-state index in [1.54, 1.807) is 13.8 Å². The van der Waals surface area contributed by atoms with Gasteiger partial charge in [-0.15, -0.1) is 0 Å². The van der Waals surface area contributed by atoms with Crippen molar-refractivity contribution in [2.24, 2.45) is 11.8 Å². The largest absolute Gasteiger partial charge is 0.480 e. The molecule has 0 spiro atoms. The Kier molecular flexibility index (Phi) is 7.15. The second-order valence-electron chi connectivity index (χ2n) is 5.64. The van der Waals surface area contributed by atoms with Crippen LogP contribution >= 0.6 is 0 Å². The molecule has 118 valence electrons. The molecule has 2 unspecified atom stereocenters. The standard InChI is InChI=1S/C12H24N2O5S/c1-7(2)6-9(14-20(5,18)19)11(15)13-10(8(3)4)12(16)17/h7-10,14H,6H2,1-5H3,(H,13,15)(H,16,17). The number of carboxylic acid groups (broad SMARTS) is 1. The fourth-order valence-corrected chi connectivity index (χ4v) is 2.43. The molecule has 0 heterocycles. The van der Waals surface area contributed by atoms with E-state index in [-0.39, 0.29) is 11.8 Å². The molecule has 0 saturated carbocycles. The van der Waals surface area contributed by atoms with Gasteiger partial charge >= 0.3 is 5.97 Å². The van der Waals surface area contributed by atoms with Gasteiger partial charge in [-0.05, 0) is 18.3 Å². The summed E-state index contributed by atoms with van der Waals surface area (Å²) < 4.78 is 24.8. The Balaban J connectivity index is 4.99. The van der Waals surface area contributed by atoms with Crippen LogP contribution in [0.15, 0.2) is 0 Å². The maximum Gasteiger partial charge on any atom is 0.326 e. The molecule has 0 bridgehead atoms. The molecular formula is C12H24N2O5S. The molecule has 2 atom stereocenters. The van der Waals surface area contributed by atoms with E-state index in [0.29, 0.717) is 6.42 Å². The molecule has 0 radical (unpaired) electrons. The first-order valence-corrected chi connectivity index (χ1v) is 8.33. The summed E-state index contributed by atoms with van der Waals surface area (Å²) in [6, 6.07) is -2.01. The lowest BCUT2D eigenvalue weighted by atomic mass is 10.0. The van der Waals surface area contributed by atoms with Gasteiger partial charge in [0.15, 0.2) is 0 Å². The maximum absolute atomic E-state index is 12.1. The molecule has 0 aliphatic heterocycles. The van der Waals surface area contributed by atoms with Crippen LogP contribution in [-0.4, -0.2) is 43.7 Å². The number of carbonyl (C=O) groups is 2. The Bertz CT molecular complexity index is 445. The summed E-state index contributed by atoms with van der Waals surface area (Å²) >= 11 is 0. The van der Waals surface area contributed by atoms with Gasteiger partial charge in [-0.1, -0.05) is 27.7 Å². The van der Waals surface area contributed by atoms with Crippen molar-refractivity contribution in [2.45, 2.75) is 46.2 Å². The second kappa shape index (κ2) is 7.58. The van der Waals surface area contributed by atoms with Crippen LogP contribution in [0.3, 0.4) is 0 Å². The minimum absolute atomic E-state index is 0.0855. The molecule has 7 nitrogen and oxygen atoms in total. The lowest BCUT2D eigenvalue weighted by Crippen LogP contribution is -2.53. The molecule has 0 aromatic rings. The third kappa shape index (κ3) is 7.44. The predicted molar refractivity (Wildman–Crippen MR) is 75.6 cm³/mol. The molecule has 0 saturated heterocycles. The van der Waals surface area contributed by atoms with Crippen LogP contribution in [0.5, 0.6) is 0 Å². The second-order valence-corrected chi connectivity index (χ2v) is 7.42. The van der Waals surface area contributed by atoms with Gasteiger partial charge in [0.05, 0.1) is 6.26 Å². The molecular weight excluding hydrogens is 284 g/mol. The first-order chi connectivity index (χ1) is 8.94. The molecule has 0 aliphatic rings. The fourth-order valence-electron chi connectivity index (χ4n) is 1.71. The average Bonchev–Trinajstić information content (AvgIpc) is 2.20. The van der Waals surface area contributed by atoms with Crippen LogP contribution < -0.4 is 10.0 Å². The minimum atomic E-state index is -3.55. The maximum atomic E-state index is 12.1. The van der Waals surface area contributed by atoms with Crippen molar-refractivity contribution in [3.63, 3.8) is 0 Å². The van der Waals surface area contributed by atoms with E-state index < -0.39 is 34.0 Å². The van der Waals surface area contributed by atoms with Crippen molar-refractivity contribution >= 4 is 21.9 Å². The summed E-state index contributed by atoms with van der Waals surface area (Å²) in [6.07, 6.45) is 1.26. The Hall–Kier alpha value is -1.15. The number of nitrogens with one attached hydrogen (secondary N) is 2. The van der Waals surface area contributed by atoms with Crippen molar-refractivity contribution < 1.29 is 23.1 Å². The van der Waals surface area contributed by atoms with Crippen LogP contribution in [0.4, 0.5) is 0 Å². The van der Waals surface area contributed by atoms with Crippen LogP contribution in [0.2, 0.25) is 0 Å². The SMILES string of the molecule is CC(C)CC(NS(C)(=O)=O)C(=O)NC(C(=O)O)C(C)C. The molecule has 0 rings (SSSR count). The zero-order valence-electron chi connectivity index (χ0n) is 12.5. The van der Waals surface area contributed by atoms with Gasteiger partial charge < -0.3 is 10.4 Å². The highest BCUT2D eigenvalue weighted by molar-refractivity contribution is 7.88. The predicted octanol–water partition coefficient (Wildman–Crippen LogP) is 0.176. The van der Waals surface area contributed by atoms with Crippen LogP contribution in [0.1, 0.15) is 34.1 Å². The van der Waals surface area contributed by atoms with Crippen molar-refractivity contribution in [3.8, 4) is 0 Å². The Morgan fingerprint density at radius 3 is 1.95 bits per heavy atom. The normalized spacial score (nSPS) is 15.2. The van der Waals surface area contributed by atoms with Gasteiger partial charge in [-0.2, -0.15) is 0 Å². The monoisotopic (exact) mass is 308 g/mol. The smallest absolute Gasteiger partial charge is 0.326 e. The molecule has 0 fully saturated rings. The molecule has 8 heteroatoms. The van der Waals surface area contributed by atoms with Crippen LogP contribution in [0.25, 0.3) is 0 Å². The summed E-state index contributed by atoms with van der Waals surface area (Å²) in [5.74, 6) is -1.97. The summed E-state index contributed by atoms with van der Waals surface area (Å²) in [7, 11) is -3.55. The van der Waals surface area contributed by atoms with E-state index >= 15 is 0 Å². The molecule has 0 aromatic heterocycles. The van der Waals surface area contributed by atoms with E-state index in [2.05, 4.69) is 10.0 Å². The molecule has 1 amide bonds. The van der Waals surface area contributed by atoms with Crippen molar-refractivity contribution in [1.82, 2.24) is 10.0 Å². The molecule has 0 aliphatic carbocycles. The van der Waals surface area contributed by atoms with Gasteiger partial charge in [0.1, 0.15) is 12.1 Å². The number of aliphatic carboxylic acids is 1. The van der Waals surface area contributed by atoms with E-state index in [1.165, 1.54) is 0 Å². The highest BCUT2D eigenvalue weighted by Crippen LogP contribution is 2.08. The molecule has 3 N–H and O–H groups in total. The Morgan fingerprint density at radius 2 is 1.65 bits per heavy atom. The van der Waals surface area contributed by atoms with Crippen molar-refractivity contribution in [3.05, 3.63) is 0 Å². The highest BCUT2D eigenvalue weighted by Gasteiger charge is 2.29. The minimum Gasteiger partial charge on any atom is -0.480 e. The fraction of sp³-hybridized carbons (Fsp3) is 0.833. The molecule has 0 aromatic carbocycles. The van der Waals surface area contributed by atoms with Gasteiger partial charge in [0.25, 0.3) is 0 Å². The van der Waals surface area contributed by atoms with Gasteiger partial charge in [0, 0.05) is 0 Å². The Labute approximate surface area is 120 Å². The zero-order valence-corrected chi connectivity index (χ0v) is 13.3. The van der Waals surface area contributed by atoms with Gasteiger partial charge in [0.2, 0.25) is 15.9 Å². The van der Waals surface area contributed by atoms with Crippen LogP contribution in [-0.2, 0) is 19.6 Å². The number of amides is 1. The quantitative estimate of drug-likeness (QED) is 0.592. The highest BCUT2D eigenvalue weighted by atomic mass is 32.2. The first kappa shape index (κ1) is 18.9. The van der Waals surface area contributed by atoms with Crippen molar-refractivity contribution in [1.29, 1.82) is 0 Å².